The van der Waals surface area contributed by atoms with Crippen LogP contribution in [0.15, 0.2) is 59.3 Å². The number of nitrogens with two attached hydrogens (primary N) is 1. The Balaban J connectivity index is 1.05. The summed E-state index contributed by atoms with van der Waals surface area (Å²) in [6, 6.07) is 10.1. The zero-order valence-electron chi connectivity index (χ0n) is 38.5. The van der Waals surface area contributed by atoms with Crippen LogP contribution in [0.5, 0.6) is 0 Å². The topological polar surface area (TPSA) is 181 Å². The largest absolute Gasteiger partial charge is 0.444 e. The van der Waals surface area contributed by atoms with Crippen molar-refractivity contribution in [3.05, 3.63) is 82.3 Å². The SMILES string of the molecule is CC(C)(C)OC(=O)NC(CCCCC(NC(=O)OC(C)(C)C)C(=O)N1CCC2NCC(c3csc(-c4ccc(F)cc4)n3)C21)C(=O)N1CCCC1C(CN)c1csc(-c2ccc(F)cc2)n1. The zero-order valence-corrected chi connectivity index (χ0v) is 40.1. The summed E-state index contributed by atoms with van der Waals surface area (Å²) in [6.07, 6.45) is 2.11. The van der Waals surface area contributed by atoms with E-state index in [-0.39, 0.29) is 72.8 Å². The number of nitrogens with zero attached hydrogens (tertiary/aromatic N) is 4. The van der Waals surface area contributed by atoms with E-state index < -0.39 is 35.5 Å². The van der Waals surface area contributed by atoms with Crippen molar-refractivity contribution in [1.82, 2.24) is 35.7 Å². The molecule has 3 saturated heterocycles. The lowest BCUT2D eigenvalue weighted by molar-refractivity contribution is -0.135. The average molecular weight is 949 g/mol. The second-order valence-corrected chi connectivity index (χ2v) is 21.1. The molecule has 0 bridgehead atoms. The maximum absolute atomic E-state index is 14.7. The number of nitrogens with one attached hydrogen (secondary N) is 3. The van der Waals surface area contributed by atoms with Gasteiger partial charge in [0.2, 0.25) is 11.8 Å². The van der Waals surface area contributed by atoms with E-state index in [2.05, 4.69) is 16.0 Å². The molecule has 0 aliphatic carbocycles. The highest BCUT2D eigenvalue weighted by molar-refractivity contribution is 7.13. The van der Waals surface area contributed by atoms with Crippen LogP contribution in [0.3, 0.4) is 0 Å². The second kappa shape index (κ2) is 20.9. The van der Waals surface area contributed by atoms with E-state index >= 15 is 0 Å². The molecule has 14 nitrogen and oxygen atoms in total. The summed E-state index contributed by atoms with van der Waals surface area (Å²) >= 11 is 2.91. The maximum atomic E-state index is 14.7. The minimum Gasteiger partial charge on any atom is -0.444 e. The Morgan fingerprint density at radius 1 is 0.773 bits per heavy atom. The van der Waals surface area contributed by atoms with Gasteiger partial charge in [0.25, 0.3) is 0 Å². The summed E-state index contributed by atoms with van der Waals surface area (Å²) in [6.45, 7) is 12.4. The third kappa shape index (κ3) is 12.1. The van der Waals surface area contributed by atoms with Crippen molar-refractivity contribution in [1.29, 1.82) is 0 Å². The molecule has 5 N–H and O–H groups in total. The van der Waals surface area contributed by atoms with E-state index in [9.17, 15) is 28.0 Å². The number of ether oxygens (including phenoxy) is 2. The Kier molecular flexibility index (Phi) is 15.4. The van der Waals surface area contributed by atoms with Gasteiger partial charge < -0.3 is 41.0 Å². The van der Waals surface area contributed by atoms with Gasteiger partial charge in [-0.25, -0.2) is 28.3 Å². The number of alkyl carbamates (subject to hydrolysis) is 2. The summed E-state index contributed by atoms with van der Waals surface area (Å²) < 4.78 is 38.5. The van der Waals surface area contributed by atoms with Gasteiger partial charge >= 0.3 is 12.2 Å². The van der Waals surface area contributed by atoms with E-state index in [4.69, 9.17) is 25.2 Å². The Morgan fingerprint density at radius 3 is 1.85 bits per heavy atom. The van der Waals surface area contributed by atoms with Gasteiger partial charge in [-0.3, -0.25) is 9.59 Å². The number of likely N-dealkylation sites (tertiary alicyclic amines) is 2. The lowest BCUT2D eigenvalue weighted by Gasteiger charge is -2.33. The van der Waals surface area contributed by atoms with E-state index in [1.54, 1.807) is 70.7 Å². The van der Waals surface area contributed by atoms with Gasteiger partial charge in [-0.2, -0.15) is 0 Å². The third-order valence-electron chi connectivity index (χ3n) is 12.2. The van der Waals surface area contributed by atoms with Crippen LogP contribution in [0, 0.1) is 11.6 Å². The highest BCUT2D eigenvalue weighted by Crippen LogP contribution is 2.39. The molecule has 2 aromatic carbocycles. The molecule has 356 valence electrons. The molecule has 66 heavy (non-hydrogen) atoms. The molecule has 3 aliphatic heterocycles. The van der Waals surface area contributed by atoms with Crippen molar-refractivity contribution in [2.45, 2.75) is 140 Å². The van der Waals surface area contributed by atoms with Crippen LogP contribution < -0.4 is 21.7 Å². The number of unbranched alkanes of at least 4 members (excludes halogenated alkanes) is 1. The quantitative estimate of drug-likeness (QED) is 0.0855. The van der Waals surface area contributed by atoms with E-state index in [0.29, 0.717) is 38.9 Å². The minimum absolute atomic E-state index is 0.0449. The number of aromatic nitrogens is 2. The highest BCUT2D eigenvalue weighted by Gasteiger charge is 2.49. The van der Waals surface area contributed by atoms with Gasteiger partial charge in [0, 0.05) is 72.0 Å². The van der Waals surface area contributed by atoms with E-state index in [0.717, 1.165) is 45.4 Å². The molecule has 4 aromatic rings. The second-order valence-electron chi connectivity index (χ2n) is 19.4. The lowest BCUT2D eigenvalue weighted by Crippen LogP contribution is -2.53. The molecule has 0 spiro atoms. The standard InChI is InChI=1S/C48H62F2N8O6S2/c1-47(2,3)63-45(61)55-35(43(59)57-22-9-12-39(57)32(24-51)37-26-65-41(53-37)28-13-17-30(49)18-14-28)10-7-8-11-36(56-46(62)64-48(4,5)6)44(60)58-23-21-34-40(58)33(25-52-34)38-27-66-42(54-38)29-15-19-31(50)20-16-29/h13-20,26-27,32-36,39-40,52H,7-12,21-25,51H2,1-6H3,(H,55,61)(H,56,62). The summed E-state index contributed by atoms with van der Waals surface area (Å²) in [5.74, 6) is -1.52. The Hall–Kier alpha value is -5.04. The molecule has 7 unspecified atom stereocenters. The molecular weight excluding hydrogens is 887 g/mol. The van der Waals surface area contributed by atoms with Crippen molar-refractivity contribution in [3.63, 3.8) is 0 Å². The van der Waals surface area contributed by atoms with Crippen LogP contribution in [0.1, 0.15) is 110 Å². The van der Waals surface area contributed by atoms with Crippen LogP contribution in [-0.2, 0) is 19.1 Å². The Morgan fingerprint density at radius 2 is 1.30 bits per heavy atom. The molecule has 18 heteroatoms. The fourth-order valence-electron chi connectivity index (χ4n) is 9.31. The first-order valence-corrected chi connectivity index (χ1v) is 24.6. The molecule has 2 aromatic heterocycles. The Bertz CT molecular complexity index is 2310. The number of carbonyl (C=O) groups is 4. The number of benzene rings is 2. The predicted molar refractivity (Wildman–Crippen MR) is 251 cm³/mol. The number of amides is 4. The number of fused-ring (bicyclic) bond motifs is 1. The number of hydrogen-bond acceptors (Lipinski definition) is 12. The monoisotopic (exact) mass is 948 g/mol. The molecular formula is C48H62F2N8O6S2. The number of rotatable bonds is 15. The summed E-state index contributed by atoms with van der Waals surface area (Å²) in [5.41, 5.74) is 7.99. The van der Waals surface area contributed by atoms with Gasteiger partial charge in [0.1, 0.15) is 44.9 Å². The molecule has 7 rings (SSSR count). The van der Waals surface area contributed by atoms with Crippen molar-refractivity contribution in [2.75, 3.05) is 26.2 Å². The summed E-state index contributed by atoms with van der Waals surface area (Å²) in [4.78, 5) is 69.3. The lowest BCUT2D eigenvalue weighted by atomic mass is 9.94. The van der Waals surface area contributed by atoms with Gasteiger partial charge in [-0.1, -0.05) is 12.8 Å². The molecule has 0 radical (unpaired) electrons. The molecule has 3 fully saturated rings. The van der Waals surface area contributed by atoms with Gasteiger partial charge in [-0.05, 0) is 122 Å². The maximum Gasteiger partial charge on any atom is 0.408 e. The van der Waals surface area contributed by atoms with Crippen LogP contribution in [0.25, 0.3) is 21.1 Å². The predicted octanol–water partition coefficient (Wildman–Crippen LogP) is 7.95. The van der Waals surface area contributed by atoms with E-state index in [1.807, 2.05) is 15.7 Å². The molecule has 0 saturated carbocycles. The minimum atomic E-state index is -0.945. The highest BCUT2D eigenvalue weighted by atomic mass is 32.1. The van der Waals surface area contributed by atoms with Gasteiger partial charge in [-0.15, -0.1) is 22.7 Å². The normalized spacial score (nSPS) is 21.0. The first kappa shape index (κ1) is 48.9. The van der Waals surface area contributed by atoms with Crippen molar-refractivity contribution < 1.29 is 37.4 Å². The smallest absolute Gasteiger partial charge is 0.408 e. The van der Waals surface area contributed by atoms with Crippen molar-refractivity contribution in [2.24, 2.45) is 5.73 Å². The average Bonchev–Trinajstić information content (AvgIpc) is 4.11. The first-order valence-electron chi connectivity index (χ1n) is 22.8. The first-order chi connectivity index (χ1) is 31.4. The van der Waals surface area contributed by atoms with Crippen LogP contribution in [0.4, 0.5) is 18.4 Å². The Labute approximate surface area is 393 Å². The molecule has 4 amide bonds. The van der Waals surface area contributed by atoms with Crippen LogP contribution >= 0.6 is 22.7 Å². The molecule has 3 aliphatic rings. The fraction of sp³-hybridized carbons (Fsp3) is 0.542. The summed E-state index contributed by atoms with van der Waals surface area (Å²) in [5, 5.41) is 14.7. The number of halogens is 2. The number of carbonyl (C=O) groups excluding carboxylic acids is 4. The van der Waals surface area contributed by atoms with E-state index in [1.165, 1.54) is 46.9 Å². The fourth-order valence-corrected chi connectivity index (χ4v) is 11.1. The van der Waals surface area contributed by atoms with Gasteiger partial charge in [0.15, 0.2) is 0 Å². The van der Waals surface area contributed by atoms with Crippen molar-refractivity contribution >= 4 is 46.7 Å². The number of hydrogen-bond donors (Lipinski definition) is 4. The number of thiazole rings is 2. The zero-order chi connectivity index (χ0) is 47.3. The van der Waals surface area contributed by atoms with Gasteiger partial charge in [0.05, 0.1) is 17.4 Å². The third-order valence-corrected chi connectivity index (χ3v) is 14.1. The van der Waals surface area contributed by atoms with Crippen LogP contribution in [-0.4, -0.2) is 111 Å². The summed E-state index contributed by atoms with van der Waals surface area (Å²) in [7, 11) is 0. The molecule has 5 heterocycles. The van der Waals surface area contributed by atoms with Crippen molar-refractivity contribution in [3.8, 4) is 21.1 Å². The molecule has 7 atom stereocenters. The van der Waals surface area contributed by atoms with Crippen LogP contribution in [0.2, 0.25) is 0 Å².